The van der Waals surface area contributed by atoms with Gasteiger partial charge in [-0.25, -0.2) is 14.3 Å². The lowest BCUT2D eigenvalue weighted by Crippen LogP contribution is -2.34. The molecule has 0 radical (unpaired) electrons. The average Bonchev–Trinajstić information content (AvgIpc) is 3.04. The summed E-state index contributed by atoms with van der Waals surface area (Å²) in [6.07, 6.45) is 1.11. The number of methoxy groups -OCH3 is 1. The van der Waals surface area contributed by atoms with Crippen molar-refractivity contribution < 1.29 is 28.9 Å². The molecule has 0 saturated carbocycles. The molecule has 1 unspecified atom stereocenters. The van der Waals surface area contributed by atoms with Crippen LogP contribution in [0.15, 0.2) is 12.3 Å². The van der Waals surface area contributed by atoms with E-state index in [1.807, 2.05) is 0 Å². The molecule has 1 heterocycles. The molecule has 0 bridgehead atoms. The Bertz CT molecular complexity index is 975. The van der Waals surface area contributed by atoms with Crippen molar-refractivity contribution in [2.75, 3.05) is 13.7 Å². The smallest absolute Gasteiger partial charge is 0.408 e. The third-order valence-electron chi connectivity index (χ3n) is 4.68. The van der Waals surface area contributed by atoms with E-state index >= 15 is 0 Å². The molecule has 2 rings (SSSR count). The van der Waals surface area contributed by atoms with Crippen molar-refractivity contribution in [3.8, 4) is 5.75 Å². The molecule has 32 heavy (non-hydrogen) atoms. The van der Waals surface area contributed by atoms with Gasteiger partial charge < -0.3 is 24.6 Å². The second kappa shape index (κ2) is 9.91. The molecule has 1 aromatic heterocycles. The van der Waals surface area contributed by atoms with Gasteiger partial charge in [-0.05, 0) is 39.8 Å². The predicted molar refractivity (Wildman–Crippen MR) is 125 cm³/mol. The fraction of sp³-hybridized carbons (Fsp3) is 0.591. The molecule has 0 aliphatic heterocycles. The highest BCUT2D eigenvalue weighted by molar-refractivity contribution is 6.76. The number of nitrogens with zero attached hydrogens (tertiary/aromatic N) is 2. The molecule has 0 aliphatic carbocycles. The Hall–Kier alpha value is -2.59. The van der Waals surface area contributed by atoms with Gasteiger partial charge in [0, 0.05) is 26.4 Å². The third-order valence-corrected chi connectivity index (χ3v) is 6.38. The Morgan fingerprint density at radius 3 is 2.47 bits per heavy atom. The zero-order valence-electron chi connectivity index (χ0n) is 20.2. The first kappa shape index (κ1) is 25.7. The van der Waals surface area contributed by atoms with Gasteiger partial charge in [0.1, 0.15) is 23.6 Å². The maximum atomic E-state index is 12.2. The molecule has 1 aromatic carbocycles. The number of hydrogen-bond donors (Lipinski definition) is 2. The highest BCUT2D eigenvalue weighted by Gasteiger charge is 2.25. The van der Waals surface area contributed by atoms with E-state index in [0.717, 1.165) is 6.04 Å². The summed E-state index contributed by atoms with van der Waals surface area (Å²) in [7, 11) is 0.289. The highest BCUT2D eigenvalue weighted by atomic mass is 28.3. The number of rotatable bonds is 9. The molecule has 1 atom stereocenters. The molecule has 178 valence electrons. The van der Waals surface area contributed by atoms with Crippen LogP contribution in [0.4, 0.5) is 4.79 Å². The molecule has 0 spiro atoms. The van der Waals surface area contributed by atoms with Crippen molar-refractivity contribution in [1.82, 2.24) is 15.1 Å². The topological polar surface area (TPSA) is 112 Å². The summed E-state index contributed by atoms with van der Waals surface area (Å²) < 4.78 is 18.2. The molecule has 2 aromatic rings. The summed E-state index contributed by atoms with van der Waals surface area (Å²) in [6, 6.07) is 1.95. The van der Waals surface area contributed by atoms with E-state index in [4.69, 9.17) is 14.2 Å². The van der Waals surface area contributed by atoms with E-state index in [-0.39, 0.29) is 12.3 Å². The molecule has 0 aliphatic rings. The maximum absolute atomic E-state index is 12.2. The Balaban J connectivity index is 2.36. The monoisotopic (exact) mass is 465 g/mol. The van der Waals surface area contributed by atoms with E-state index < -0.39 is 31.8 Å². The Morgan fingerprint density at radius 2 is 1.94 bits per heavy atom. The minimum absolute atomic E-state index is 0.0227. The van der Waals surface area contributed by atoms with Crippen LogP contribution < -0.4 is 10.1 Å². The van der Waals surface area contributed by atoms with E-state index in [1.165, 1.54) is 13.2 Å². The van der Waals surface area contributed by atoms with Gasteiger partial charge in [-0.1, -0.05) is 19.6 Å². The first-order chi connectivity index (χ1) is 14.7. The number of carbonyl (C=O) groups excluding carboxylic acids is 1. The van der Waals surface area contributed by atoms with E-state index in [0.29, 0.717) is 28.8 Å². The van der Waals surface area contributed by atoms with E-state index in [1.54, 1.807) is 38.6 Å². The van der Waals surface area contributed by atoms with Crippen molar-refractivity contribution in [1.29, 1.82) is 0 Å². The number of nitrogens with one attached hydrogen (secondary N) is 1. The molecule has 0 saturated heterocycles. The van der Waals surface area contributed by atoms with Crippen LogP contribution in [-0.2, 0) is 16.2 Å². The number of hydrogen-bond acceptors (Lipinski definition) is 6. The Kier molecular flexibility index (Phi) is 7.95. The number of ether oxygens (including phenoxy) is 3. The minimum atomic E-state index is -1.21. The lowest BCUT2D eigenvalue weighted by Gasteiger charge is -2.23. The standard InChI is InChI=1S/C22H35N3O6Si/c1-14(23-21(28)31-22(2,3)4)15-11-16(20(26)27)18-17(19(15)29-5)12-25(24-18)13-30-9-10-32(6,7)8/h11-12,14H,9-10,13H2,1-8H3,(H,23,28)(H,26,27). The second-order valence-electron chi connectivity index (χ2n) is 10.00. The van der Waals surface area contributed by atoms with Crippen LogP contribution in [0.3, 0.4) is 0 Å². The van der Waals surface area contributed by atoms with Gasteiger partial charge in [0.2, 0.25) is 0 Å². The fourth-order valence-electron chi connectivity index (χ4n) is 3.11. The summed E-state index contributed by atoms with van der Waals surface area (Å²) in [4.78, 5) is 24.2. The van der Waals surface area contributed by atoms with Gasteiger partial charge in [-0.2, -0.15) is 5.10 Å². The zero-order chi connectivity index (χ0) is 24.3. The van der Waals surface area contributed by atoms with Gasteiger partial charge in [0.15, 0.2) is 0 Å². The van der Waals surface area contributed by atoms with Gasteiger partial charge in [0.05, 0.1) is 24.1 Å². The van der Waals surface area contributed by atoms with Crippen molar-refractivity contribution >= 4 is 31.0 Å². The molecule has 2 N–H and O–H groups in total. The summed E-state index contributed by atoms with van der Waals surface area (Å²) >= 11 is 0. The van der Waals surface area contributed by atoms with Crippen molar-refractivity contribution in [2.45, 2.75) is 71.8 Å². The predicted octanol–water partition coefficient (Wildman–Crippen LogP) is 4.64. The summed E-state index contributed by atoms with van der Waals surface area (Å²) in [5.41, 5.74) is 0.189. The van der Waals surface area contributed by atoms with Crippen molar-refractivity contribution in [3.63, 3.8) is 0 Å². The van der Waals surface area contributed by atoms with Crippen LogP contribution in [0.1, 0.15) is 49.7 Å². The van der Waals surface area contributed by atoms with Gasteiger partial charge in [-0.3, -0.25) is 0 Å². The minimum Gasteiger partial charge on any atom is -0.496 e. The van der Waals surface area contributed by atoms with Crippen molar-refractivity contribution in [3.05, 3.63) is 23.4 Å². The SMILES string of the molecule is COc1c(C(C)NC(=O)OC(C)(C)C)cc(C(=O)O)c2nn(COCC[Si](C)(C)C)cc12. The summed E-state index contributed by atoms with van der Waals surface area (Å²) in [5, 5.41) is 17.5. The number of amides is 1. The normalized spacial score (nSPS) is 13.1. The Labute approximate surface area is 190 Å². The average molecular weight is 466 g/mol. The first-order valence-corrected chi connectivity index (χ1v) is 14.3. The molecule has 0 fully saturated rings. The largest absolute Gasteiger partial charge is 0.496 e. The summed E-state index contributed by atoms with van der Waals surface area (Å²) in [5.74, 6) is -0.671. The third kappa shape index (κ3) is 6.96. The molecular formula is C22H35N3O6Si. The lowest BCUT2D eigenvalue weighted by molar-refractivity contribution is 0.0507. The van der Waals surface area contributed by atoms with Crippen LogP contribution in [0.2, 0.25) is 25.7 Å². The summed E-state index contributed by atoms with van der Waals surface area (Å²) in [6.45, 7) is 14.7. The maximum Gasteiger partial charge on any atom is 0.408 e. The second-order valence-corrected chi connectivity index (χ2v) is 15.6. The highest BCUT2D eigenvalue weighted by Crippen LogP contribution is 2.36. The number of carboxylic acids is 1. The van der Waals surface area contributed by atoms with Crippen LogP contribution in [-0.4, -0.2) is 54.3 Å². The van der Waals surface area contributed by atoms with E-state index in [2.05, 4.69) is 30.1 Å². The lowest BCUT2D eigenvalue weighted by atomic mass is 10.00. The Morgan fingerprint density at radius 1 is 1.28 bits per heavy atom. The molecular weight excluding hydrogens is 430 g/mol. The van der Waals surface area contributed by atoms with Crippen molar-refractivity contribution in [2.24, 2.45) is 0 Å². The number of aromatic nitrogens is 2. The quantitative estimate of drug-likeness (QED) is 0.410. The van der Waals surface area contributed by atoms with Crippen LogP contribution >= 0.6 is 0 Å². The van der Waals surface area contributed by atoms with Gasteiger partial charge >= 0.3 is 12.1 Å². The van der Waals surface area contributed by atoms with E-state index in [9.17, 15) is 14.7 Å². The van der Waals surface area contributed by atoms with Gasteiger partial charge in [-0.15, -0.1) is 0 Å². The van der Waals surface area contributed by atoms with Gasteiger partial charge in [0.25, 0.3) is 0 Å². The molecule has 1 amide bonds. The van der Waals surface area contributed by atoms with Crippen LogP contribution in [0.25, 0.3) is 10.9 Å². The number of alkyl carbamates (subject to hydrolysis) is 1. The van der Waals surface area contributed by atoms with Crippen LogP contribution in [0.5, 0.6) is 5.75 Å². The fourth-order valence-corrected chi connectivity index (χ4v) is 3.87. The first-order valence-electron chi connectivity index (χ1n) is 10.6. The molecule has 10 heteroatoms. The number of benzene rings is 1. The number of aromatic carboxylic acids is 1. The number of carboxylic acid groups (broad SMARTS) is 1. The van der Waals surface area contributed by atoms with Crippen LogP contribution in [0, 0.1) is 0 Å². The molecule has 9 nitrogen and oxygen atoms in total. The number of carbonyl (C=O) groups is 2. The zero-order valence-corrected chi connectivity index (χ0v) is 21.2. The number of fused-ring (bicyclic) bond motifs is 1.